The summed E-state index contributed by atoms with van der Waals surface area (Å²) >= 11 is 0. The van der Waals surface area contributed by atoms with E-state index in [1.807, 2.05) is 11.9 Å². The van der Waals surface area contributed by atoms with Gasteiger partial charge in [-0.1, -0.05) is 13.3 Å². The molecule has 2 fully saturated rings. The van der Waals surface area contributed by atoms with Crippen molar-refractivity contribution in [1.29, 1.82) is 0 Å². The highest BCUT2D eigenvalue weighted by Crippen LogP contribution is 2.20. The first-order chi connectivity index (χ1) is 7.72. The first-order valence-electron chi connectivity index (χ1n) is 6.41. The molecule has 0 aromatic carbocycles. The van der Waals surface area contributed by atoms with Crippen molar-refractivity contribution in [2.75, 3.05) is 39.8 Å². The third-order valence-corrected chi connectivity index (χ3v) is 4.00. The minimum Gasteiger partial charge on any atom is -0.345 e. The van der Waals surface area contributed by atoms with Crippen LogP contribution in [0.15, 0.2) is 0 Å². The van der Waals surface area contributed by atoms with Crippen molar-refractivity contribution in [3.8, 4) is 0 Å². The van der Waals surface area contributed by atoms with Gasteiger partial charge >= 0.3 is 0 Å². The zero-order valence-electron chi connectivity index (χ0n) is 10.4. The summed E-state index contributed by atoms with van der Waals surface area (Å²) in [6.07, 6.45) is 2.31. The molecule has 0 aromatic rings. The molecule has 4 nitrogen and oxygen atoms in total. The van der Waals surface area contributed by atoms with Crippen LogP contribution in [0.4, 0.5) is 0 Å². The second-order valence-electron chi connectivity index (χ2n) is 5.03. The van der Waals surface area contributed by atoms with Gasteiger partial charge in [-0.2, -0.15) is 0 Å². The monoisotopic (exact) mass is 225 g/mol. The highest BCUT2D eigenvalue weighted by atomic mass is 16.2. The van der Waals surface area contributed by atoms with Crippen LogP contribution in [0.25, 0.3) is 0 Å². The molecule has 2 rings (SSSR count). The molecule has 2 heterocycles. The van der Waals surface area contributed by atoms with E-state index in [0.717, 1.165) is 38.5 Å². The summed E-state index contributed by atoms with van der Waals surface area (Å²) in [5.74, 6) is 0.996. The fourth-order valence-corrected chi connectivity index (χ4v) is 2.86. The number of likely N-dealkylation sites (N-methyl/N-ethyl adjacent to an activating group) is 1. The summed E-state index contributed by atoms with van der Waals surface area (Å²) in [5, 5.41) is 3.45. The summed E-state index contributed by atoms with van der Waals surface area (Å²) in [4.78, 5) is 16.1. The van der Waals surface area contributed by atoms with Crippen LogP contribution in [-0.2, 0) is 4.79 Å². The van der Waals surface area contributed by atoms with Crippen molar-refractivity contribution < 1.29 is 4.79 Å². The Kier molecular flexibility index (Phi) is 3.82. The number of rotatable bonds is 2. The molecule has 0 spiro atoms. The molecule has 0 saturated carbocycles. The van der Waals surface area contributed by atoms with E-state index in [1.165, 1.54) is 6.42 Å². The Balaban J connectivity index is 2.00. The number of hydrogen-bond acceptors (Lipinski definition) is 3. The summed E-state index contributed by atoms with van der Waals surface area (Å²) < 4.78 is 0. The molecule has 2 saturated heterocycles. The number of carbonyl (C=O) groups excluding carboxylic acids is 1. The van der Waals surface area contributed by atoms with Gasteiger partial charge in [-0.3, -0.25) is 9.69 Å². The van der Waals surface area contributed by atoms with Gasteiger partial charge in [0.25, 0.3) is 0 Å². The Labute approximate surface area is 98.0 Å². The number of carbonyl (C=O) groups is 1. The molecule has 4 heteroatoms. The molecule has 92 valence electrons. The Morgan fingerprint density at radius 1 is 1.38 bits per heavy atom. The molecule has 16 heavy (non-hydrogen) atoms. The molecule has 0 radical (unpaired) electrons. The van der Waals surface area contributed by atoms with Crippen molar-refractivity contribution in [3.05, 3.63) is 0 Å². The van der Waals surface area contributed by atoms with Gasteiger partial charge in [0.05, 0.1) is 6.54 Å². The summed E-state index contributed by atoms with van der Waals surface area (Å²) in [5.41, 5.74) is 0. The van der Waals surface area contributed by atoms with Crippen LogP contribution < -0.4 is 5.32 Å². The molecule has 1 N–H and O–H groups in total. The predicted molar refractivity (Wildman–Crippen MR) is 64.3 cm³/mol. The topological polar surface area (TPSA) is 35.6 Å². The lowest BCUT2D eigenvalue weighted by Gasteiger charge is -2.30. The molecule has 2 atom stereocenters. The van der Waals surface area contributed by atoms with Crippen LogP contribution in [-0.4, -0.2) is 61.5 Å². The lowest BCUT2D eigenvalue weighted by atomic mass is 9.99. The van der Waals surface area contributed by atoms with Crippen LogP contribution in [0, 0.1) is 5.92 Å². The maximum Gasteiger partial charge on any atom is 0.236 e. The average Bonchev–Trinajstić information content (AvgIpc) is 2.68. The molecule has 2 unspecified atom stereocenters. The maximum absolute atomic E-state index is 11.8. The van der Waals surface area contributed by atoms with E-state index in [0.29, 0.717) is 12.6 Å². The van der Waals surface area contributed by atoms with Gasteiger partial charge in [0.1, 0.15) is 0 Å². The summed E-state index contributed by atoms with van der Waals surface area (Å²) in [6.45, 7) is 7.00. The van der Waals surface area contributed by atoms with Crippen LogP contribution in [0.3, 0.4) is 0 Å². The molecule has 2 aliphatic rings. The first kappa shape index (κ1) is 11.9. The highest BCUT2D eigenvalue weighted by molar-refractivity contribution is 5.78. The average molecular weight is 225 g/mol. The van der Waals surface area contributed by atoms with Gasteiger partial charge in [-0.15, -0.1) is 0 Å². The standard InChI is InChI=1S/C12H23N3O/c1-3-10-7-13-8-11(10)15-6-4-5-14(2)12(16)9-15/h10-11,13H,3-9H2,1-2H3. The fraction of sp³-hybridized carbons (Fsp3) is 0.917. The van der Waals surface area contributed by atoms with Crippen molar-refractivity contribution in [1.82, 2.24) is 15.1 Å². The third-order valence-electron chi connectivity index (χ3n) is 4.00. The Morgan fingerprint density at radius 3 is 2.94 bits per heavy atom. The van der Waals surface area contributed by atoms with Crippen molar-refractivity contribution in [2.24, 2.45) is 5.92 Å². The number of amides is 1. The molecule has 1 amide bonds. The molecule has 0 aliphatic carbocycles. The largest absolute Gasteiger partial charge is 0.345 e. The second kappa shape index (κ2) is 5.15. The maximum atomic E-state index is 11.8. The number of hydrogen-bond donors (Lipinski definition) is 1. The molecule has 0 bridgehead atoms. The first-order valence-corrected chi connectivity index (χ1v) is 6.41. The van der Waals surface area contributed by atoms with E-state index >= 15 is 0 Å². The highest BCUT2D eigenvalue weighted by Gasteiger charge is 2.33. The van der Waals surface area contributed by atoms with Gasteiger partial charge in [-0.05, 0) is 18.9 Å². The van der Waals surface area contributed by atoms with E-state index < -0.39 is 0 Å². The Morgan fingerprint density at radius 2 is 2.19 bits per heavy atom. The van der Waals surface area contributed by atoms with Gasteiger partial charge in [0, 0.05) is 32.7 Å². The molecular formula is C12H23N3O. The zero-order chi connectivity index (χ0) is 11.5. The normalized spacial score (nSPS) is 33.1. The fourth-order valence-electron chi connectivity index (χ4n) is 2.86. The van der Waals surface area contributed by atoms with Crippen LogP contribution in [0.5, 0.6) is 0 Å². The Hall–Kier alpha value is -0.610. The molecular weight excluding hydrogens is 202 g/mol. The van der Waals surface area contributed by atoms with E-state index in [4.69, 9.17) is 0 Å². The van der Waals surface area contributed by atoms with E-state index in [-0.39, 0.29) is 5.91 Å². The number of nitrogens with zero attached hydrogens (tertiary/aromatic N) is 2. The summed E-state index contributed by atoms with van der Waals surface area (Å²) in [6, 6.07) is 0.570. The van der Waals surface area contributed by atoms with Crippen molar-refractivity contribution in [2.45, 2.75) is 25.8 Å². The van der Waals surface area contributed by atoms with E-state index in [9.17, 15) is 4.79 Å². The lowest BCUT2D eigenvalue weighted by Crippen LogP contribution is -2.44. The minimum atomic E-state index is 0.277. The van der Waals surface area contributed by atoms with Crippen LogP contribution in [0.2, 0.25) is 0 Å². The molecule has 0 aromatic heterocycles. The second-order valence-corrected chi connectivity index (χ2v) is 5.03. The van der Waals surface area contributed by atoms with Gasteiger partial charge in [-0.25, -0.2) is 0 Å². The van der Waals surface area contributed by atoms with E-state index in [2.05, 4.69) is 17.1 Å². The van der Waals surface area contributed by atoms with Crippen molar-refractivity contribution in [3.63, 3.8) is 0 Å². The third kappa shape index (κ3) is 2.38. The van der Waals surface area contributed by atoms with Gasteiger partial charge in [0.15, 0.2) is 0 Å². The van der Waals surface area contributed by atoms with Crippen LogP contribution >= 0.6 is 0 Å². The van der Waals surface area contributed by atoms with E-state index in [1.54, 1.807) is 0 Å². The van der Waals surface area contributed by atoms with Crippen molar-refractivity contribution >= 4 is 5.91 Å². The summed E-state index contributed by atoms with van der Waals surface area (Å²) in [7, 11) is 1.91. The smallest absolute Gasteiger partial charge is 0.236 e. The number of nitrogens with one attached hydrogen (secondary N) is 1. The predicted octanol–water partition coefficient (Wildman–Crippen LogP) is 0.149. The van der Waals surface area contributed by atoms with Gasteiger partial charge < -0.3 is 10.2 Å². The van der Waals surface area contributed by atoms with Crippen LogP contribution in [0.1, 0.15) is 19.8 Å². The minimum absolute atomic E-state index is 0.277. The molecule has 2 aliphatic heterocycles. The van der Waals surface area contributed by atoms with Gasteiger partial charge in [0.2, 0.25) is 5.91 Å². The lowest BCUT2D eigenvalue weighted by molar-refractivity contribution is -0.130. The quantitative estimate of drug-likeness (QED) is 0.726. The SMILES string of the molecule is CCC1CNCC1N1CCCN(C)C(=O)C1. The zero-order valence-corrected chi connectivity index (χ0v) is 10.4. The Bertz CT molecular complexity index is 257.